The van der Waals surface area contributed by atoms with Crippen LogP contribution in [0.5, 0.6) is 0 Å². The zero-order valence-corrected chi connectivity index (χ0v) is 15.5. The molecule has 0 saturated heterocycles. The topological polar surface area (TPSA) is 27.1 Å². The molecule has 0 radical (unpaired) electrons. The van der Waals surface area contributed by atoms with E-state index >= 15 is 0 Å². The van der Waals surface area contributed by atoms with E-state index in [-0.39, 0.29) is 6.61 Å². The van der Waals surface area contributed by atoms with Gasteiger partial charge in [0.05, 0.1) is 25.0 Å². The van der Waals surface area contributed by atoms with Crippen molar-refractivity contribution < 1.29 is 17.9 Å². The third-order valence-corrected chi connectivity index (χ3v) is 4.56. The summed E-state index contributed by atoms with van der Waals surface area (Å²) in [4.78, 5) is 3.96. The number of alkyl halides is 3. The van der Waals surface area contributed by atoms with Gasteiger partial charge in [-0.05, 0) is 35.4 Å². The Morgan fingerprint density at radius 3 is 2.59 bits per heavy atom. The minimum atomic E-state index is -4.42. The molecule has 0 fully saturated rings. The minimum absolute atomic E-state index is 0.131. The van der Waals surface area contributed by atoms with Crippen LogP contribution in [0, 0.1) is 0 Å². The highest BCUT2D eigenvalue weighted by Crippen LogP contribution is 2.32. The number of halogens is 5. The fourth-order valence-electron chi connectivity index (χ4n) is 2.58. The fraction of sp³-hybridized carbons (Fsp3) is 0.211. The largest absolute Gasteiger partial charge is 0.416 e. The van der Waals surface area contributed by atoms with Crippen molar-refractivity contribution in [2.45, 2.75) is 25.4 Å². The average Bonchev–Trinajstić information content (AvgIpc) is 3.12. The molecule has 3 rings (SSSR count). The third-order valence-electron chi connectivity index (χ3n) is 3.98. The highest BCUT2D eigenvalue weighted by atomic mass is 35.5. The van der Waals surface area contributed by atoms with Gasteiger partial charge in [-0.2, -0.15) is 13.2 Å². The van der Waals surface area contributed by atoms with Gasteiger partial charge >= 0.3 is 6.18 Å². The molecule has 0 amide bonds. The van der Waals surface area contributed by atoms with E-state index in [4.69, 9.17) is 27.9 Å². The molecule has 142 valence electrons. The molecule has 1 aromatic heterocycles. The van der Waals surface area contributed by atoms with Gasteiger partial charge in [-0.1, -0.05) is 41.4 Å². The molecule has 1 unspecified atom stereocenters. The van der Waals surface area contributed by atoms with Crippen molar-refractivity contribution in [3.05, 3.63) is 87.9 Å². The van der Waals surface area contributed by atoms with E-state index in [2.05, 4.69) is 4.98 Å². The van der Waals surface area contributed by atoms with Crippen LogP contribution in [-0.4, -0.2) is 9.55 Å². The third kappa shape index (κ3) is 5.25. The second-order valence-corrected chi connectivity index (χ2v) is 6.76. The fourth-order valence-corrected chi connectivity index (χ4v) is 3.05. The lowest BCUT2D eigenvalue weighted by molar-refractivity contribution is -0.137. The summed E-state index contributed by atoms with van der Waals surface area (Å²) in [6, 6.07) is 10.1. The monoisotopic (exact) mass is 414 g/mol. The summed E-state index contributed by atoms with van der Waals surface area (Å²) in [6.45, 7) is 0.443. The van der Waals surface area contributed by atoms with E-state index in [0.717, 1.165) is 12.1 Å². The molecule has 8 heteroatoms. The summed E-state index contributed by atoms with van der Waals surface area (Å²) in [5.41, 5.74) is 0.399. The Morgan fingerprint density at radius 1 is 1.11 bits per heavy atom. The Kier molecular flexibility index (Phi) is 6.09. The average molecular weight is 415 g/mol. The van der Waals surface area contributed by atoms with Crippen molar-refractivity contribution in [3.8, 4) is 0 Å². The first-order chi connectivity index (χ1) is 12.8. The SMILES string of the molecule is FC(F)(F)c1cccc(C(Cn2ccnc2)OCc2ccc(Cl)cc2Cl)c1. The van der Waals surface area contributed by atoms with Gasteiger partial charge in [-0.3, -0.25) is 0 Å². The Bertz CT molecular complexity index is 898. The van der Waals surface area contributed by atoms with Crippen molar-refractivity contribution >= 4 is 23.2 Å². The molecule has 0 saturated carbocycles. The maximum atomic E-state index is 13.1. The van der Waals surface area contributed by atoms with Crippen molar-refractivity contribution in [3.63, 3.8) is 0 Å². The Balaban J connectivity index is 1.85. The summed E-state index contributed by atoms with van der Waals surface area (Å²) in [5.74, 6) is 0. The molecule has 0 aliphatic heterocycles. The molecule has 2 aromatic carbocycles. The van der Waals surface area contributed by atoms with Crippen LogP contribution < -0.4 is 0 Å². The molecular weight excluding hydrogens is 400 g/mol. The summed E-state index contributed by atoms with van der Waals surface area (Å²) in [7, 11) is 0. The molecule has 0 spiro atoms. The summed E-state index contributed by atoms with van der Waals surface area (Å²) in [6.07, 6.45) is -0.138. The van der Waals surface area contributed by atoms with Crippen molar-refractivity contribution in [2.75, 3.05) is 0 Å². The van der Waals surface area contributed by atoms with Gasteiger partial charge in [0.1, 0.15) is 6.10 Å². The van der Waals surface area contributed by atoms with Gasteiger partial charge in [0.2, 0.25) is 0 Å². The zero-order valence-electron chi connectivity index (χ0n) is 14.0. The van der Waals surface area contributed by atoms with E-state index in [9.17, 15) is 13.2 Å². The number of imidazole rings is 1. The molecular formula is C19H15Cl2F3N2O. The minimum Gasteiger partial charge on any atom is -0.367 e. The quantitative estimate of drug-likeness (QED) is 0.482. The zero-order chi connectivity index (χ0) is 19.4. The van der Waals surface area contributed by atoms with Crippen LogP contribution in [0.2, 0.25) is 10.0 Å². The summed E-state index contributed by atoms with van der Waals surface area (Å²) < 4.78 is 46.9. The lowest BCUT2D eigenvalue weighted by Gasteiger charge is -2.20. The summed E-state index contributed by atoms with van der Waals surface area (Å²) >= 11 is 12.0. The molecule has 0 aliphatic carbocycles. The Morgan fingerprint density at radius 2 is 1.93 bits per heavy atom. The van der Waals surface area contributed by atoms with Crippen LogP contribution in [0.3, 0.4) is 0 Å². The molecule has 1 heterocycles. The van der Waals surface area contributed by atoms with Gasteiger partial charge in [-0.15, -0.1) is 0 Å². The predicted molar refractivity (Wildman–Crippen MR) is 97.7 cm³/mol. The molecule has 27 heavy (non-hydrogen) atoms. The number of benzene rings is 2. The number of hydrogen-bond acceptors (Lipinski definition) is 2. The highest BCUT2D eigenvalue weighted by Gasteiger charge is 2.31. The molecule has 0 bridgehead atoms. The lowest BCUT2D eigenvalue weighted by atomic mass is 10.1. The van der Waals surface area contributed by atoms with Gasteiger partial charge in [0, 0.05) is 22.4 Å². The van der Waals surface area contributed by atoms with Gasteiger partial charge in [0.25, 0.3) is 0 Å². The smallest absolute Gasteiger partial charge is 0.367 e. The normalized spacial score (nSPS) is 12.9. The number of hydrogen-bond donors (Lipinski definition) is 0. The lowest BCUT2D eigenvalue weighted by Crippen LogP contribution is -2.14. The van der Waals surface area contributed by atoms with Crippen LogP contribution in [0.25, 0.3) is 0 Å². The van der Waals surface area contributed by atoms with Crippen LogP contribution in [0.15, 0.2) is 61.2 Å². The molecule has 1 atom stereocenters. The molecule has 3 aromatic rings. The van der Waals surface area contributed by atoms with Crippen molar-refractivity contribution in [1.29, 1.82) is 0 Å². The second kappa shape index (κ2) is 8.33. The van der Waals surface area contributed by atoms with E-state index < -0.39 is 17.8 Å². The maximum Gasteiger partial charge on any atom is 0.416 e. The van der Waals surface area contributed by atoms with Crippen LogP contribution in [-0.2, 0) is 24.1 Å². The van der Waals surface area contributed by atoms with Gasteiger partial charge in [0.15, 0.2) is 0 Å². The van der Waals surface area contributed by atoms with Gasteiger partial charge < -0.3 is 9.30 Å². The molecule has 3 nitrogen and oxygen atoms in total. The maximum absolute atomic E-state index is 13.1. The number of aromatic nitrogens is 2. The van der Waals surface area contributed by atoms with E-state index in [1.807, 2.05) is 0 Å². The summed E-state index contributed by atoms with van der Waals surface area (Å²) in [5, 5.41) is 0.935. The van der Waals surface area contributed by atoms with Crippen LogP contribution in [0.1, 0.15) is 22.8 Å². The van der Waals surface area contributed by atoms with E-state index in [0.29, 0.717) is 27.7 Å². The van der Waals surface area contributed by atoms with Crippen molar-refractivity contribution in [2.24, 2.45) is 0 Å². The second-order valence-electron chi connectivity index (χ2n) is 5.92. The standard InChI is InChI=1S/C19H15Cl2F3N2O/c20-16-5-4-14(17(21)9-16)11-27-18(10-26-7-6-25-12-26)13-2-1-3-15(8-13)19(22,23)24/h1-9,12,18H,10-11H2. The number of nitrogens with zero attached hydrogens (tertiary/aromatic N) is 2. The predicted octanol–water partition coefficient (Wildman–Crippen LogP) is 6.17. The first kappa shape index (κ1) is 19.7. The van der Waals surface area contributed by atoms with E-state index in [1.165, 1.54) is 6.07 Å². The number of ether oxygens (including phenoxy) is 1. The van der Waals surface area contributed by atoms with E-state index in [1.54, 1.807) is 47.6 Å². The molecule has 0 N–H and O–H groups in total. The Labute approximate surface area is 164 Å². The van der Waals surface area contributed by atoms with Crippen molar-refractivity contribution in [1.82, 2.24) is 9.55 Å². The first-order valence-electron chi connectivity index (χ1n) is 8.01. The molecule has 0 aliphatic rings. The van der Waals surface area contributed by atoms with Gasteiger partial charge in [-0.25, -0.2) is 4.98 Å². The Hall–Kier alpha value is -2.02. The first-order valence-corrected chi connectivity index (χ1v) is 8.77. The highest BCUT2D eigenvalue weighted by molar-refractivity contribution is 6.35. The van der Waals surface area contributed by atoms with Crippen LogP contribution >= 0.6 is 23.2 Å². The van der Waals surface area contributed by atoms with Crippen LogP contribution in [0.4, 0.5) is 13.2 Å². The number of rotatable bonds is 6.